The SMILES string of the molecule is CC1(C)CC(=O)C2=C(C1)NC(=O)CC2c1ccccc1C(F)(F)F. The minimum atomic E-state index is -4.53. The van der Waals surface area contributed by atoms with E-state index in [0.29, 0.717) is 17.7 Å². The van der Waals surface area contributed by atoms with E-state index < -0.39 is 17.7 Å². The number of benzene rings is 1. The highest BCUT2D eigenvalue weighted by Gasteiger charge is 2.43. The van der Waals surface area contributed by atoms with Crippen LogP contribution < -0.4 is 5.32 Å². The van der Waals surface area contributed by atoms with Gasteiger partial charge in [-0.25, -0.2) is 0 Å². The standard InChI is InChI=1S/C18H18F3NO2/c1-17(2)8-13-16(14(23)9-17)11(7-15(24)22-13)10-5-3-4-6-12(10)18(19,20)21/h3-6,11H,7-9H2,1-2H3,(H,22,24). The van der Waals surface area contributed by atoms with Crippen LogP contribution in [0.5, 0.6) is 0 Å². The molecule has 0 fully saturated rings. The van der Waals surface area contributed by atoms with Gasteiger partial charge in [0.15, 0.2) is 5.78 Å². The number of Topliss-reactive ketones (excluding diaryl/α,β-unsaturated/α-hetero) is 1. The van der Waals surface area contributed by atoms with Crippen LogP contribution in [0.1, 0.15) is 50.2 Å². The molecule has 1 aromatic rings. The third kappa shape index (κ3) is 2.97. The first-order valence-corrected chi connectivity index (χ1v) is 7.81. The summed E-state index contributed by atoms with van der Waals surface area (Å²) in [4.78, 5) is 24.6. The van der Waals surface area contributed by atoms with Crippen molar-refractivity contribution in [3.05, 3.63) is 46.7 Å². The van der Waals surface area contributed by atoms with E-state index in [1.54, 1.807) is 0 Å². The molecule has 0 aromatic heterocycles. The molecule has 1 atom stereocenters. The van der Waals surface area contributed by atoms with E-state index in [1.807, 2.05) is 13.8 Å². The number of rotatable bonds is 1. The van der Waals surface area contributed by atoms with E-state index in [4.69, 9.17) is 0 Å². The Kier molecular flexibility index (Phi) is 3.81. The van der Waals surface area contributed by atoms with Crippen LogP contribution in [0.2, 0.25) is 0 Å². The Bertz CT molecular complexity index is 747. The van der Waals surface area contributed by atoms with Crippen LogP contribution in [0.4, 0.5) is 13.2 Å². The lowest BCUT2D eigenvalue weighted by molar-refractivity contribution is -0.139. The zero-order valence-electron chi connectivity index (χ0n) is 13.5. The van der Waals surface area contributed by atoms with Gasteiger partial charge < -0.3 is 5.32 Å². The Morgan fingerprint density at radius 3 is 2.46 bits per heavy atom. The van der Waals surface area contributed by atoms with Crippen LogP contribution in [0.25, 0.3) is 0 Å². The Morgan fingerprint density at radius 1 is 1.12 bits per heavy atom. The van der Waals surface area contributed by atoms with Crippen LogP contribution >= 0.6 is 0 Å². The molecule has 0 radical (unpaired) electrons. The molecule has 0 spiro atoms. The summed E-state index contributed by atoms with van der Waals surface area (Å²) in [7, 11) is 0. The van der Waals surface area contributed by atoms with E-state index in [9.17, 15) is 22.8 Å². The lowest BCUT2D eigenvalue weighted by Crippen LogP contribution is -2.41. The van der Waals surface area contributed by atoms with Gasteiger partial charge in [-0.3, -0.25) is 9.59 Å². The molecule has 1 aromatic carbocycles. The molecule has 3 rings (SSSR count). The van der Waals surface area contributed by atoms with Crippen molar-refractivity contribution in [3.63, 3.8) is 0 Å². The molecule has 1 aliphatic heterocycles. The number of halogens is 3. The molecular weight excluding hydrogens is 319 g/mol. The maximum Gasteiger partial charge on any atom is 0.416 e. The Hall–Kier alpha value is -2.11. The molecule has 1 aliphatic carbocycles. The summed E-state index contributed by atoms with van der Waals surface area (Å²) in [6, 6.07) is 5.19. The molecule has 6 heteroatoms. The zero-order chi connectivity index (χ0) is 17.7. The van der Waals surface area contributed by atoms with Crippen molar-refractivity contribution in [1.29, 1.82) is 0 Å². The molecule has 1 amide bonds. The highest BCUT2D eigenvalue weighted by atomic mass is 19.4. The zero-order valence-corrected chi connectivity index (χ0v) is 13.5. The van der Waals surface area contributed by atoms with Crippen LogP contribution in [-0.4, -0.2) is 11.7 Å². The van der Waals surface area contributed by atoms with E-state index in [-0.39, 0.29) is 35.5 Å². The first-order chi connectivity index (χ1) is 11.1. The average molecular weight is 337 g/mol. The van der Waals surface area contributed by atoms with E-state index >= 15 is 0 Å². The van der Waals surface area contributed by atoms with E-state index in [1.165, 1.54) is 18.2 Å². The van der Waals surface area contributed by atoms with Crippen LogP contribution in [0.15, 0.2) is 35.5 Å². The number of amides is 1. The summed E-state index contributed by atoms with van der Waals surface area (Å²) < 4.78 is 40.0. The molecule has 1 unspecified atom stereocenters. The summed E-state index contributed by atoms with van der Waals surface area (Å²) in [5, 5.41) is 2.70. The number of hydrogen-bond acceptors (Lipinski definition) is 2. The number of allylic oxidation sites excluding steroid dienone is 2. The van der Waals surface area contributed by atoms with Gasteiger partial charge in [0.1, 0.15) is 0 Å². The molecule has 24 heavy (non-hydrogen) atoms. The normalized spacial score (nSPS) is 23.8. The molecule has 128 valence electrons. The van der Waals surface area contributed by atoms with E-state index in [0.717, 1.165) is 6.07 Å². The van der Waals surface area contributed by atoms with Crippen molar-refractivity contribution in [1.82, 2.24) is 5.32 Å². The van der Waals surface area contributed by atoms with Crippen LogP contribution in [0.3, 0.4) is 0 Å². The molecule has 0 saturated heterocycles. The highest BCUT2D eigenvalue weighted by Crippen LogP contribution is 2.46. The van der Waals surface area contributed by atoms with Gasteiger partial charge in [0.2, 0.25) is 5.91 Å². The largest absolute Gasteiger partial charge is 0.416 e. The van der Waals surface area contributed by atoms with Gasteiger partial charge in [-0.15, -0.1) is 0 Å². The summed E-state index contributed by atoms with van der Waals surface area (Å²) >= 11 is 0. The third-order valence-electron chi connectivity index (χ3n) is 4.59. The molecule has 0 bridgehead atoms. The second-order valence-corrected chi connectivity index (χ2v) is 7.22. The third-order valence-corrected chi connectivity index (χ3v) is 4.59. The smallest absolute Gasteiger partial charge is 0.329 e. The summed E-state index contributed by atoms with van der Waals surface area (Å²) in [5.74, 6) is -1.36. The minimum absolute atomic E-state index is 0.000376. The maximum atomic E-state index is 13.3. The average Bonchev–Trinajstić information content (AvgIpc) is 2.43. The second kappa shape index (κ2) is 5.46. The molecule has 1 heterocycles. The molecule has 1 N–H and O–H groups in total. The lowest BCUT2D eigenvalue weighted by Gasteiger charge is -2.38. The summed E-state index contributed by atoms with van der Waals surface area (Å²) in [6.07, 6.45) is -3.92. The van der Waals surface area contributed by atoms with Gasteiger partial charge in [0.25, 0.3) is 0 Å². The summed E-state index contributed by atoms with van der Waals surface area (Å²) in [5.41, 5.74) is -0.274. The first kappa shape index (κ1) is 16.7. The first-order valence-electron chi connectivity index (χ1n) is 7.81. The van der Waals surface area contributed by atoms with Crippen molar-refractivity contribution >= 4 is 11.7 Å². The quantitative estimate of drug-likeness (QED) is 0.843. The van der Waals surface area contributed by atoms with Gasteiger partial charge >= 0.3 is 6.18 Å². The molecular formula is C18H18F3NO2. The Labute approximate surface area is 137 Å². The maximum absolute atomic E-state index is 13.3. The highest BCUT2D eigenvalue weighted by molar-refractivity contribution is 6.02. The Balaban J connectivity index is 2.15. The van der Waals surface area contributed by atoms with Crippen molar-refractivity contribution in [2.45, 2.75) is 45.2 Å². The summed E-state index contributed by atoms with van der Waals surface area (Å²) in [6.45, 7) is 3.82. The van der Waals surface area contributed by atoms with Gasteiger partial charge in [0.05, 0.1) is 5.56 Å². The monoisotopic (exact) mass is 337 g/mol. The molecule has 2 aliphatic rings. The lowest BCUT2D eigenvalue weighted by atomic mass is 9.69. The van der Waals surface area contributed by atoms with Gasteiger partial charge in [-0.05, 0) is 23.5 Å². The van der Waals surface area contributed by atoms with Crippen LogP contribution in [-0.2, 0) is 15.8 Å². The number of hydrogen-bond donors (Lipinski definition) is 1. The molecule has 0 saturated carbocycles. The van der Waals surface area contributed by atoms with Crippen LogP contribution in [0, 0.1) is 5.41 Å². The number of nitrogens with one attached hydrogen (secondary N) is 1. The topological polar surface area (TPSA) is 46.2 Å². The van der Waals surface area contributed by atoms with Crippen molar-refractivity contribution in [3.8, 4) is 0 Å². The van der Waals surface area contributed by atoms with Crippen molar-refractivity contribution in [2.75, 3.05) is 0 Å². The predicted molar refractivity (Wildman–Crippen MR) is 82.0 cm³/mol. The number of alkyl halides is 3. The fraction of sp³-hybridized carbons (Fsp3) is 0.444. The minimum Gasteiger partial charge on any atom is -0.329 e. The molecule has 3 nitrogen and oxygen atoms in total. The van der Waals surface area contributed by atoms with E-state index in [2.05, 4.69) is 5.32 Å². The Morgan fingerprint density at radius 2 is 1.79 bits per heavy atom. The number of carbonyl (C=O) groups excluding carboxylic acids is 2. The van der Waals surface area contributed by atoms with Crippen molar-refractivity contribution in [2.24, 2.45) is 5.41 Å². The second-order valence-electron chi connectivity index (χ2n) is 7.22. The fourth-order valence-electron chi connectivity index (χ4n) is 3.68. The van der Waals surface area contributed by atoms with Gasteiger partial charge in [0, 0.05) is 30.0 Å². The van der Waals surface area contributed by atoms with Gasteiger partial charge in [-0.2, -0.15) is 13.2 Å². The van der Waals surface area contributed by atoms with Gasteiger partial charge in [-0.1, -0.05) is 32.0 Å². The fourth-order valence-corrected chi connectivity index (χ4v) is 3.68. The predicted octanol–water partition coefficient (Wildman–Crippen LogP) is 3.95. The number of carbonyl (C=O) groups is 2. The van der Waals surface area contributed by atoms with Crippen molar-refractivity contribution < 1.29 is 22.8 Å². The number of ketones is 1.